The number of hydrazine groups is 1. The molecule has 3 amide bonds. The minimum atomic E-state index is -0.426. The van der Waals surface area contributed by atoms with Gasteiger partial charge in [0, 0.05) is 16.1 Å². The predicted octanol–water partition coefficient (Wildman–Crippen LogP) is 1.88. The summed E-state index contributed by atoms with van der Waals surface area (Å²) in [5.74, 6) is -0.139. The maximum Gasteiger partial charge on any atom is 0.269 e. The molecule has 0 bridgehead atoms. The van der Waals surface area contributed by atoms with Gasteiger partial charge in [-0.1, -0.05) is 21.1 Å². The summed E-state index contributed by atoms with van der Waals surface area (Å²) in [5, 5.41) is 6.18. The van der Waals surface area contributed by atoms with E-state index in [0.29, 0.717) is 17.1 Å². The number of carbonyl (C=O) groups excluding carboxylic acids is 3. The van der Waals surface area contributed by atoms with Gasteiger partial charge in [0.1, 0.15) is 5.76 Å². The second-order valence-corrected chi connectivity index (χ2v) is 6.77. The van der Waals surface area contributed by atoms with Gasteiger partial charge < -0.3 is 9.84 Å². The van der Waals surface area contributed by atoms with Crippen molar-refractivity contribution in [2.75, 3.05) is 16.8 Å². The van der Waals surface area contributed by atoms with Crippen molar-refractivity contribution in [3.8, 4) is 0 Å². The van der Waals surface area contributed by atoms with Crippen LogP contribution in [0.1, 0.15) is 16.1 Å². The minimum absolute atomic E-state index is 0.0197. The molecular weight excluding hydrogens is 412 g/mol. The number of benzene rings is 1. The number of thioether (sulfide) groups is 1. The molecule has 0 radical (unpaired) electrons. The number of carbonyl (C=O) groups is 3. The Morgan fingerprint density at radius 1 is 1.12 bits per heavy atom. The zero-order valence-corrected chi connectivity index (χ0v) is 15.6. The van der Waals surface area contributed by atoms with Crippen molar-refractivity contribution in [2.24, 2.45) is 0 Å². The van der Waals surface area contributed by atoms with E-state index in [-0.39, 0.29) is 17.4 Å². The van der Waals surface area contributed by atoms with E-state index in [2.05, 4.69) is 37.3 Å². The Bertz CT molecular complexity index is 763. The first kappa shape index (κ1) is 19.0. The molecule has 0 aliphatic heterocycles. The lowest BCUT2D eigenvalue weighted by molar-refractivity contribution is -0.119. The summed E-state index contributed by atoms with van der Waals surface area (Å²) in [6.07, 6.45) is 0. The third-order valence-electron chi connectivity index (χ3n) is 2.78. The van der Waals surface area contributed by atoms with E-state index in [1.54, 1.807) is 37.3 Å². The quantitative estimate of drug-likeness (QED) is 0.607. The Labute approximate surface area is 156 Å². The first-order valence-corrected chi connectivity index (χ1v) is 9.04. The molecule has 1 heterocycles. The van der Waals surface area contributed by atoms with Gasteiger partial charge in [-0.3, -0.25) is 25.2 Å². The van der Waals surface area contributed by atoms with Gasteiger partial charge in [0.25, 0.3) is 5.91 Å². The van der Waals surface area contributed by atoms with Gasteiger partial charge in [0.15, 0.2) is 5.82 Å². The zero-order chi connectivity index (χ0) is 18.2. The first-order chi connectivity index (χ1) is 11.9. The monoisotopic (exact) mass is 426 g/mol. The third-order valence-corrected chi connectivity index (χ3v) is 4.24. The number of nitrogens with zero attached hydrogens (tertiary/aromatic N) is 1. The highest BCUT2D eigenvalue weighted by molar-refractivity contribution is 9.10. The van der Waals surface area contributed by atoms with Crippen LogP contribution < -0.4 is 16.2 Å². The van der Waals surface area contributed by atoms with Gasteiger partial charge in [-0.15, -0.1) is 11.8 Å². The van der Waals surface area contributed by atoms with E-state index in [9.17, 15) is 14.4 Å². The van der Waals surface area contributed by atoms with Crippen LogP contribution in [-0.2, 0) is 9.59 Å². The van der Waals surface area contributed by atoms with E-state index in [0.717, 1.165) is 16.2 Å². The summed E-state index contributed by atoms with van der Waals surface area (Å²) in [6.45, 7) is 1.71. The lowest BCUT2D eigenvalue weighted by Gasteiger charge is -2.07. The second kappa shape index (κ2) is 9.23. The first-order valence-electron chi connectivity index (χ1n) is 7.09. The molecule has 0 saturated carbocycles. The van der Waals surface area contributed by atoms with Crippen LogP contribution in [0.15, 0.2) is 39.3 Å². The van der Waals surface area contributed by atoms with E-state index < -0.39 is 11.8 Å². The maximum atomic E-state index is 11.8. The van der Waals surface area contributed by atoms with Crippen LogP contribution in [0.25, 0.3) is 0 Å². The summed E-state index contributed by atoms with van der Waals surface area (Å²) in [7, 11) is 0. The molecule has 2 aromatic rings. The number of nitrogens with one attached hydrogen (secondary N) is 3. The molecule has 3 N–H and O–H groups in total. The van der Waals surface area contributed by atoms with Gasteiger partial charge in [-0.05, 0) is 31.2 Å². The Hall–Kier alpha value is -2.33. The molecule has 8 nitrogen and oxygen atoms in total. The van der Waals surface area contributed by atoms with Gasteiger partial charge in [0.2, 0.25) is 11.8 Å². The van der Waals surface area contributed by atoms with Crippen molar-refractivity contribution in [3.63, 3.8) is 0 Å². The van der Waals surface area contributed by atoms with Crippen molar-refractivity contribution in [1.29, 1.82) is 0 Å². The van der Waals surface area contributed by atoms with E-state index >= 15 is 0 Å². The summed E-state index contributed by atoms with van der Waals surface area (Å²) in [4.78, 5) is 35.1. The molecule has 1 aromatic heterocycles. The summed E-state index contributed by atoms with van der Waals surface area (Å²) >= 11 is 4.38. The molecule has 1 aromatic carbocycles. The number of hydrogen-bond donors (Lipinski definition) is 3. The standard InChI is InChI=1S/C15H15BrN4O4S/c1-9-6-12(20-24-9)17-13(21)7-25-8-14(22)18-19-15(23)10-2-4-11(16)5-3-10/h2-6H,7-8H2,1H3,(H,18,22)(H,19,23)(H,17,20,21). The summed E-state index contributed by atoms with van der Waals surface area (Å²) in [6, 6.07) is 8.28. The third kappa shape index (κ3) is 6.59. The Kier molecular flexibility index (Phi) is 7.02. The Morgan fingerprint density at radius 3 is 2.44 bits per heavy atom. The molecule has 2 rings (SSSR count). The number of halogens is 1. The lowest BCUT2D eigenvalue weighted by Crippen LogP contribution is -2.42. The van der Waals surface area contributed by atoms with E-state index in [1.807, 2.05) is 0 Å². The van der Waals surface area contributed by atoms with Crippen LogP contribution in [0.3, 0.4) is 0 Å². The second-order valence-electron chi connectivity index (χ2n) is 4.87. The fraction of sp³-hybridized carbons (Fsp3) is 0.200. The molecule has 0 fully saturated rings. The topological polar surface area (TPSA) is 113 Å². The molecular formula is C15H15BrN4O4S. The highest BCUT2D eigenvalue weighted by Gasteiger charge is 2.10. The molecule has 0 spiro atoms. The normalized spacial score (nSPS) is 10.2. The molecule has 0 aliphatic rings. The largest absolute Gasteiger partial charge is 0.360 e. The molecule has 0 atom stereocenters. The van der Waals surface area contributed by atoms with Gasteiger partial charge >= 0.3 is 0 Å². The van der Waals surface area contributed by atoms with Crippen LogP contribution >= 0.6 is 27.7 Å². The summed E-state index contributed by atoms with van der Waals surface area (Å²) in [5.41, 5.74) is 5.02. The fourth-order valence-electron chi connectivity index (χ4n) is 1.68. The average molecular weight is 427 g/mol. The van der Waals surface area contributed by atoms with Crippen molar-refractivity contribution in [1.82, 2.24) is 16.0 Å². The van der Waals surface area contributed by atoms with Crippen LogP contribution in [0, 0.1) is 6.92 Å². The number of aryl methyl sites for hydroxylation is 1. The van der Waals surface area contributed by atoms with Crippen LogP contribution in [0.4, 0.5) is 5.82 Å². The summed E-state index contributed by atoms with van der Waals surface area (Å²) < 4.78 is 5.68. The van der Waals surface area contributed by atoms with Crippen molar-refractivity contribution >= 4 is 51.2 Å². The average Bonchev–Trinajstić information content (AvgIpc) is 2.98. The number of rotatable bonds is 6. The SMILES string of the molecule is Cc1cc(NC(=O)CSCC(=O)NNC(=O)c2ccc(Br)cc2)no1. The number of aromatic nitrogens is 1. The Balaban J connectivity index is 1.64. The molecule has 10 heteroatoms. The molecule has 0 aliphatic carbocycles. The lowest BCUT2D eigenvalue weighted by atomic mass is 10.2. The van der Waals surface area contributed by atoms with Crippen LogP contribution in [-0.4, -0.2) is 34.4 Å². The molecule has 132 valence electrons. The minimum Gasteiger partial charge on any atom is -0.360 e. The molecule has 25 heavy (non-hydrogen) atoms. The fourth-order valence-corrected chi connectivity index (χ4v) is 2.56. The molecule has 0 saturated heterocycles. The Morgan fingerprint density at radius 2 is 1.80 bits per heavy atom. The van der Waals surface area contributed by atoms with Crippen molar-refractivity contribution in [3.05, 3.63) is 46.1 Å². The molecule has 0 unspecified atom stereocenters. The number of amides is 3. The highest BCUT2D eigenvalue weighted by Crippen LogP contribution is 2.10. The maximum absolute atomic E-state index is 11.8. The zero-order valence-electron chi connectivity index (χ0n) is 13.2. The van der Waals surface area contributed by atoms with Gasteiger partial charge in [-0.25, -0.2) is 0 Å². The van der Waals surface area contributed by atoms with E-state index in [4.69, 9.17) is 4.52 Å². The van der Waals surface area contributed by atoms with Crippen molar-refractivity contribution < 1.29 is 18.9 Å². The van der Waals surface area contributed by atoms with Crippen LogP contribution in [0.2, 0.25) is 0 Å². The highest BCUT2D eigenvalue weighted by atomic mass is 79.9. The van der Waals surface area contributed by atoms with E-state index in [1.165, 1.54) is 0 Å². The predicted molar refractivity (Wildman–Crippen MR) is 96.9 cm³/mol. The number of anilines is 1. The van der Waals surface area contributed by atoms with Crippen LogP contribution in [0.5, 0.6) is 0 Å². The smallest absolute Gasteiger partial charge is 0.269 e. The van der Waals surface area contributed by atoms with Gasteiger partial charge in [-0.2, -0.15) is 0 Å². The number of hydrogen-bond acceptors (Lipinski definition) is 6. The van der Waals surface area contributed by atoms with Crippen molar-refractivity contribution in [2.45, 2.75) is 6.92 Å². The van der Waals surface area contributed by atoms with Gasteiger partial charge in [0.05, 0.1) is 11.5 Å².